The zero-order chi connectivity index (χ0) is 20.3. The standard InChI is InChI=1S/C22H24FN3O2/c1-4-26(5-2)22(28)15-7-6-8-17(11-15)25-21(27)13-18-14(3)24-20-10-9-16(23)12-19(18)20/h6-12,24H,4-5,13H2,1-3H3,(H,25,27). The molecule has 0 saturated heterocycles. The molecule has 2 aromatic carbocycles. The number of hydrogen-bond donors (Lipinski definition) is 2. The van der Waals surface area contributed by atoms with Gasteiger partial charge in [-0.1, -0.05) is 6.07 Å². The molecule has 2 amide bonds. The molecule has 0 saturated carbocycles. The van der Waals surface area contributed by atoms with E-state index >= 15 is 0 Å². The number of aryl methyl sites for hydroxylation is 1. The van der Waals surface area contributed by atoms with Gasteiger partial charge in [-0.2, -0.15) is 0 Å². The van der Waals surface area contributed by atoms with Crippen LogP contribution in [0.25, 0.3) is 10.9 Å². The molecule has 0 bridgehead atoms. The van der Waals surface area contributed by atoms with E-state index in [4.69, 9.17) is 0 Å². The first-order valence-electron chi connectivity index (χ1n) is 9.38. The van der Waals surface area contributed by atoms with Crippen LogP contribution >= 0.6 is 0 Å². The van der Waals surface area contributed by atoms with E-state index in [1.807, 2.05) is 20.8 Å². The van der Waals surface area contributed by atoms with Crippen LogP contribution in [0.4, 0.5) is 10.1 Å². The maximum absolute atomic E-state index is 13.6. The predicted octanol–water partition coefficient (Wildman–Crippen LogP) is 4.28. The Kier molecular flexibility index (Phi) is 5.78. The van der Waals surface area contributed by atoms with Crippen molar-refractivity contribution in [1.82, 2.24) is 9.88 Å². The Morgan fingerprint density at radius 1 is 1.11 bits per heavy atom. The largest absolute Gasteiger partial charge is 0.358 e. The van der Waals surface area contributed by atoms with E-state index in [2.05, 4.69) is 10.3 Å². The molecule has 0 fully saturated rings. The van der Waals surface area contributed by atoms with Gasteiger partial charge in [0.15, 0.2) is 0 Å². The Morgan fingerprint density at radius 3 is 2.57 bits per heavy atom. The number of H-pyrrole nitrogens is 1. The van der Waals surface area contributed by atoms with Gasteiger partial charge in [-0.15, -0.1) is 0 Å². The van der Waals surface area contributed by atoms with Crippen LogP contribution in [0.3, 0.4) is 0 Å². The van der Waals surface area contributed by atoms with Crippen molar-refractivity contribution in [1.29, 1.82) is 0 Å². The summed E-state index contributed by atoms with van der Waals surface area (Å²) in [6.45, 7) is 6.98. The number of carbonyl (C=O) groups excluding carboxylic acids is 2. The minimum Gasteiger partial charge on any atom is -0.358 e. The summed E-state index contributed by atoms with van der Waals surface area (Å²) in [7, 11) is 0. The van der Waals surface area contributed by atoms with E-state index in [1.54, 1.807) is 35.2 Å². The smallest absolute Gasteiger partial charge is 0.253 e. The molecule has 146 valence electrons. The third kappa shape index (κ3) is 4.06. The lowest BCUT2D eigenvalue weighted by atomic mass is 10.1. The van der Waals surface area contributed by atoms with Crippen molar-refractivity contribution < 1.29 is 14.0 Å². The lowest BCUT2D eigenvalue weighted by Crippen LogP contribution is -2.30. The van der Waals surface area contributed by atoms with Gasteiger partial charge in [-0.25, -0.2) is 4.39 Å². The van der Waals surface area contributed by atoms with E-state index in [1.165, 1.54) is 12.1 Å². The topological polar surface area (TPSA) is 65.2 Å². The van der Waals surface area contributed by atoms with E-state index < -0.39 is 0 Å². The lowest BCUT2D eigenvalue weighted by molar-refractivity contribution is -0.115. The molecule has 0 aliphatic heterocycles. The number of hydrogen-bond acceptors (Lipinski definition) is 2. The van der Waals surface area contributed by atoms with Crippen LogP contribution in [0.5, 0.6) is 0 Å². The lowest BCUT2D eigenvalue weighted by Gasteiger charge is -2.19. The minimum absolute atomic E-state index is 0.0657. The summed E-state index contributed by atoms with van der Waals surface area (Å²) in [4.78, 5) is 30.0. The fraction of sp³-hybridized carbons (Fsp3) is 0.273. The van der Waals surface area contributed by atoms with Crippen LogP contribution in [0.2, 0.25) is 0 Å². The number of halogens is 1. The van der Waals surface area contributed by atoms with Gasteiger partial charge in [0.25, 0.3) is 5.91 Å². The Bertz CT molecular complexity index is 1020. The monoisotopic (exact) mass is 381 g/mol. The molecule has 28 heavy (non-hydrogen) atoms. The molecule has 1 heterocycles. The quantitative estimate of drug-likeness (QED) is 0.669. The van der Waals surface area contributed by atoms with Gasteiger partial charge >= 0.3 is 0 Å². The Hall–Kier alpha value is -3.15. The minimum atomic E-state index is -0.337. The average molecular weight is 381 g/mol. The van der Waals surface area contributed by atoms with Gasteiger partial charge in [0, 0.05) is 40.9 Å². The van der Waals surface area contributed by atoms with Crippen molar-refractivity contribution >= 4 is 28.4 Å². The van der Waals surface area contributed by atoms with Gasteiger partial charge in [0.1, 0.15) is 5.82 Å². The van der Waals surface area contributed by atoms with Crippen LogP contribution in [-0.2, 0) is 11.2 Å². The fourth-order valence-corrected chi connectivity index (χ4v) is 3.37. The van der Waals surface area contributed by atoms with Crippen molar-refractivity contribution in [3.05, 3.63) is 65.1 Å². The SMILES string of the molecule is CCN(CC)C(=O)c1cccc(NC(=O)Cc2c(C)[nH]c3ccc(F)cc23)c1. The van der Waals surface area contributed by atoms with Crippen LogP contribution in [-0.4, -0.2) is 34.8 Å². The zero-order valence-electron chi connectivity index (χ0n) is 16.3. The molecule has 2 N–H and O–H groups in total. The Labute approximate surface area is 163 Å². The molecule has 1 aromatic heterocycles. The number of fused-ring (bicyclic) bond motifs is 1. The van der Waals surface area contributed by atoms with Crippen molar-refractivity contribution in [3.63, 3.8) is 0 Å². The molecular weight excluding hydrogens is 357 g/mol. The second kappa shape index (κ2) is 8.25. The second-order valence-electron chi connectivity index (χ2n) is 6.70. The maximum Gasteiger partial charge on any atom is 0.253 e. The molecule has 3 rings (SSSR count). The first-order valence-corrected chi connectivity index (χ1v) is 9.38. The van der Waals surface area contributed by atoms with E-state index in [9.17, 15) is 14.0 Å². The summed E-state index contributed by atoms with van der Waals surface area (Å²) in [5, 5.41) is 3.55. The van der Waals surface area contributed by atoms with Gasteiger partial charge < -0.3 is 15.2 Å². The summed E-state index contributed by atoms with van der Waals surface area (Å²) in [5.74, 6) is -0.625. The highest BCUT2D eigenvalue weighted by Gasteiger charge is 2.15. The highest BCUT2D eigenvalue weighted by atomic mass is 19.1. The Balaban J connectivity index is 1.77. The average Bonchev–Trinajstić information content (AvgIpc) is 2.97. The maximum atomic E-state index is 13.6. The highest BCUT2D eigenvalue weighted by molar-refractivity contribution is 5.99. The van der Waals surface area contributed by atoms with Crippen LogP contribution in [0.15, 0.2) is 42.5 Å². The molecule has 0 spiro atoms. The molecule has 0 radical (unpaired) electrons. The summed E-state index contributed by atoms with van der Waals surface area (Å²) in [6.07, 6.45) is 0.115. The Morgan fingerprint density at radius 2 is 1.86 bits per heavy atom. The molecule has 0 atom stereocenters. The van der Waals surface area contributed by atoms with Gasteiger partial charge in [-0.05, 0) is 62.7 Å². The van der Waals surface area contributed by atoms with E-state index in [-0.39, 0.29) is 24.1 Å². The van der Waals surface area contributed by atoms with Crippen molar-refractivity contribution in [3.8, 4) is 0 Å². The van der Waals surface area contributed by atoms with E-state index in [0.717, 1.165) is 16.8 Å². The van der Waals surface area contributed by atoms with Crippen molar-refractivity contribution in [2.45, 2.75) is 27.2 Å². The van der Waals surface area contributed by atoms with Gasteiger partial charge in [0.2, 0.25) is 5.91 Å². The molecule has 0 aliphatic rings. The highest BCUT2D eigenvalue weighted by Crippen LogP contribution is 2.24. The van der Waals surface area contributed by atoms with Gasteiger partial charge in [-0.3, -0.25) is 9.59 Å². The molecule has 0 aliphatic carbocycles. The van der Waals surface area contributed by atoms with Crippen LogP contribution < -0.4 is 5.32 Å². The van der Waals surface area contributed by atoms with Crippen molar-refractivity contribution in [2.75, 3.05) is 18.4 Å². The third-order valence-electron chi connectivity index (χ3n) is 4.86. The second-order valence-corrected chi connectivity index (χ2v) is 6.70. The number of amides is 2. The molecule has 5 nitrogen and oxygen atoms in total. The number of aromatic nitrogens is 1. The van der Waals surface area contributed by atoms with Crippen molar-refractivity contribution in [2.24, 2.45) is 0 Å². The summed E-state index contributed by atoms with van der Waals surface area (Å²) in [5.41, 5.74) is 3.50. The first kappa shape index (κ1) is 19.6. The summed E-state index contributed by atoms with van der Waals surface area (Å²) < 4.78 is 13.6. The number of rotatable bonds is 6. The normalized spacial score (nSPS) is 10.9. The van der Waals surface area contributed by atoms with Crippen LogP contribution in [0.1, 0.15) is 35.5 Å². The number of benzene rings is 2. The van der Waals surface area contributed by atoms with Crippen LogP contribution in [0, 0.1) is 12.7 Å². The number of nitrogens with zero attached hydrogens (tertiary/aromatic N) is 1. The number of anilines is 1. The molecule has 6 heteroatoms. The number of nitrogens with one attached hydrogen (secondary N) is 2. The fourth-order valence-electron chi connectivity index (χ4n) is 3.37. The molecule has 3 aromatic rings. The third-order valence-corrected chi connectivity index (χ3v) is 4.86. The van der Waals surface area contributed by atoms with Gasteiger partial charge in [0.05, 0.1) is 6.42 Å². The number of carbonyl (C=O) groups is 2. The first-order chi connectivity index (χ1) is 13.4. The summed E-state index contributed by atoms with van der Waals surface area (Å²) in [6, 6.07) is 11.4. The zero-order valence-corrected chi connectivity index (χ0v) is 16.3. The molecular formula is C22H24FN3O2. The van der Waals surface area contributed by atoms with E-state index in [0.29, 0.717) is 29.7 Å². The summed E-state index contributed by atoms with van der Waals surface area (Å²) >= 11 is 0. The molecule has 0 unspecified atom stereocenters. The number of aromatic amines is 1. The predicted molar refractivity (Wildman–Crippen MR) is 109 cm³/mol.